The van der Waals surface area contributed by atoms with E-state index in [0.29, 0.717) is 6.04 Å². The minimum atomic E-state index is 0.219. The van der Waals surface area contributed by atoms with Crippen LogP contribution in [0.5, 0.6) is 0 Å². The molecule has 1 aromatic heterocycles. The first kappa shape index (κ1) is 15.8. The van der Waals surface area contributed by atoms with Crippen molar-refractivity contribution in [1.29, 1.82) is 0 Å². The van der Waals surface area contributed by atoms with Crippen molar-refractivity contribution in [2.45, 2.75) is 59.2 Å². The second kappa shape index (κ2) is 6.48. The Morgan fingerprint density at radius 1 is 1.10 bits per heavy atom. The van der Waals surface area contributed by atoms with E-state index in [0.717, 1.165) is 13.1 Å². The van der Waals surface area contributed by atoms with E-state index in [1.165, 1.54) is 16.8 Å². The van der Waals surface area contributed by atoms with E-state index in [1.54, 1.807) is 0 Å². The lowest BCUT2D eigenvalue weighted by Gasteiger charge is -2.21. The molecule has 0 spiro atoms. The van der Waals surface area contributed by atoms with Gasteiger partial charge in [0.05, 0.1) is 0 Å². The van der Waals surface area contributed by atoms with Crippen LogP contribution in [0.25, 0.3) is 0 Å². The number of nitrogens with one attached hydrogen (secondary N) is 1. The van der Waals surface area contributed by atoms with Gasteiger partial charge in [-0.1, -0.05) is 45.0 Å². The van der Waals surface area contributed by atoms with E-state index in [9.17, 15) is 0 Å². The highest BCUT2D eigenvalue weighted by atomic mass is 15.0. The molecule has 0 saturated carbocycles. The first-order valence-corrected chi connectivity index (χ1v) is 7.89. The maximum absolute atomic E-state index is 3.61. The highest BCUT2D eigenvalue weighted by molar-refractivity contribution is 5.29. The van der Waals surface area contributed by atoms with Gasteiger partial charge in [0.1, 0.15) is 0 Å². The summed E-state index contributed by atoms with van der Waals surface area (Å²) in [6.45, 7) is 13.1. The number of hydrogen-bond donors (Lipinski definition) is 1. The highest BCUT2D eigenvalue weighted by Gasteiger charge is 2.14. The van der Waals surface area contributed by atoms with Gasteiger partial charge >= 0.3 is 0 Å². The van der Waals surface area contributed by atoms with Crippen LogP contribution in [0.2, 0.25) is 0 Å². The van der Waals surface area contributed by atoms with Gasteiger partial charge in [-0.2, -0.15) is 0 Å². The Labute approximate surface area is 129 Å². The predicted octanol–water partition coefficient (Wildman–Crippen LogP) is 4.66. The molecular weight excluding hydrogens is 256 g/mol. The van der Waals surface area contributed by atoms with Crippen molar-refractivity contribution in [2.75, 3.05) is 0 Å². The molecule has 0 radical (unpaired) electrons. The topological polar surface area (TPSA) is 17.0 Å². The fourth-order valence-corrected chi connectivity index (χ4v) is 2.57. The van der Waals surface area contributed by atoms with E-state index in [-0.39, 0.29) is 5.41 Å². The first-order valence-electron chi connectivity index (χ1n) is 7.89. The number of nitrogens with zero attached hydrogens (tertiary/aromatic N) is 1. The van der Waals surface area contributed by atoms with E-state index >= 15 is 0 Å². The lowest BCUT2D eigenvalue weighted by molar-refractivity contribution is 0.548. The quantitative estimate of drug-likeness (QED) is 0.845. The number of rotatable bonds is 5. The smallest absolute Gasteiger partial charge is 0.0364 e. The van der Waals surface area contributed by atoms with Crippen molar-refractivity contribution in [2.24, 2.45) is 0 Å². The molecule has 0 aliphatic heterocycles. The van der Waals surface area contributed by atoms with Crippen molar-refractivity contribution < 1.29 is 0 Å². The predicted molar refractivity (Wildman–Crippen MR) is 90.5 cm³/mol. The number of aryl methyl sites for hydroxylation is 1. The number of hydrogen-bond acceptors (Lipinski definition) is 1. The van der Waals surface area contributed by atoms with Crippen molar-refractivity contribution in [3.05, 3.63) is 59.4 Å². The Morgan fingerprint density at radius 2 is 1.76 bits per heavy atom. The molecule has 0 aliphatic rings. The molecule has 1 atom stereocenters. The van der Waals surface area contributed by atoms with Gasteiger partial charge in [0.25, 0.3) is 0 Å². The normalized spacial score (nSPS) is 13.4. The molecule has 114 valence electrons. The maximum Gasteiger partial charge on any atom is 0.0364 e. The van der Waals surface area contributed by atoms with Gasteiger partial charge in [-0.15, -0.1) is 0 Å². The zero-order valence-electron chi connectivity index (χ0n) is 14.0. The Kier molecular flexibility index (Phi) is 4.89. The second-order valence-electron chi connectivity index (χ2n) is 6.76. The fraction of sp³-hybridized carbons (Fsp3) is 0.474. The van der Waals surface area contributed by atoms with E-state index in [2.05, 4.69) is 87.1 Å². The Balaban J connectivity index is 1.99. The lowest BCUT2D eigenvalue weighted by atomic mass is 9.86. The lowest BCUT2D eigenvalue weighted by Crippen LogP contribution is -2.20. The highest BCUT2D eigenvalue weighted by Crippen LogP contribution is 2.24. The fourth-order valence-electron chi connectivity index (χ4n) is 2.57. The monoisotopic (exact) mass is 284 g/mol. The molecule has 2 aromatic rings. The summed E-state index contributed by atoms with van der Waals surface area (Å²) < 4.78 is 2.28. The molecule has 2 rings (SSSR count). The summed E-state index contributed by atoms with van der Waals surface area (Å²) >= 11 is 0. The van der Waals surface area contributed by atoms with Gasteiger partial charge in [-0.3, -0.25) is 0 Å². The van der Waals surface area contributed by atoms with Gasteiger partial charge in [0.2, 0.25) is 0 Å². The SMILES string of the molecule is CCn1cccc1CNC(C)c1ccc(C(C)(C)C)cc1. The van der Waals surface area contributed by atoms with Crippen molar-refractivity contribution in [3.63, 3.8) is 0 Å². The molecule has 1 N–H and O–H groups in total. The van der Waals surface area contributed by atoms with Crippen molar-refractivity contribution >= 4 is 0 Å². The molecule has 1 heterocycles. The van der Waals surface area contributed by atoms with Crippen molar-refractivity contribution in [1.82, 2.24) is 9.88 Å². The van der Waals surface area contributed by atoms with E-state index < -0.39 is 0 Å². The Hall–Kier alpha value is -1.54. The van der Waals surface area contributed by atoms with Crippen LogP contribution in [0.1, 0.15) is 57.5 Å². The third kappa shape index (κ3) is 3.98. The summed E-state index contributed by atoms with van der Waals surface area (Å²) in [5.74, 6) is 0. The van der Waals surface area contributed by atoms with Crippen LogP contribution in [0, 0.1) is 0 Å². The minimum absolute atomic E-state index is 0.219. The maximum atomic E-state index is 3.61. The summed E-state index contributed by atoms with van der Waals surface area (Å²) in [4.78, 5) is 0. The van der Waals surface area contributed by atoms with Crippen LogP contribution >= 0.6 is 0 Å². The third-order valence-corrected chi connectivity index (χ3v) is 4.13. The van der Waals surface area contributed by atoms with Crippen LogP contribution in [-0.4, -0.2) is 4.57 Å². The minimum Gasteiger partial charge on any atom is -0.351 e. The van der Waals surface area contributed by atoms with Gasteiger partial charge in [-0.05, 0) is 42.5 Å². The molecule has 1 unspecified atom stereocenters. The third-order valence-electron chi connectivity index (χ3n) is 4.13. The molecule has 0 fully saturated rings. The van der Waals surface area contributed by atoms with Crippen LogP contribution in [0.15, 0.2) is 42.6 Å². The summed E-state index contributed by atoms with van der Waals surface area (Å²) in [5, 5.41) is 3.61. The zero-order valence-corrected chi connectivity index (χ0v) is 14.0. The molecule has 0 saturated heterocycles. The molecule has 0 bridgehead atoms. The summed E-state index contributed by atoms with van der Waals surface area (Å²) in [6.07, 6.45) is 2.14. The number of aromatic nitrogens is 1. The van der Waals surface area contributed by atoms with E-state index in [1.807, 2.05) is 0 Å². The van der Waals surface area contributed by atoms with Gasteiger partial charge in [0.15, 0.2) is 0 Å². The second-order valence-corrected chi connectivity index (χ2v) is 6.76. The summed E-state index contributed by atoms with van der Waals surface area (Å²) in [7, 11) is 0. The molecule has 21 heavy (non-hydrogen) atoms. The molecule has 2 nitrogen and oxygen atoms in total. The van der Waals surface area contributed by atoms with Gasteiger partial charge < -0.3 is 9.88 Å². The molecular formula is C19H28N2. The average molecular weight is 284 g/mol. The largest absolute Gasteiger partial charge is 0.351 e. The van der Waals surface area contributed by atoms with Gasteiger partial charge in [-0.25, -0.2) is 0 Å². The molecule has 2 heteroatoms. The Bertz CT molecular complexity index is 558. The van der Waals surface area contributed by atoms with E-state index in [4.69, 9.17) is 0 Å². The average Bonchev–Trinajstić information content (AvgIpc) is 2.91. The molecule has 0 amide bonds. The first-order chi connectivity index (χ1) is 9.91. The van der Waals surface area contributed by atoms with Crippen LogP contribution in [0.3, 0.4) is 0 Å². The molecule has 0 aliphatic carbocycles. The standard InChI is InChI=1S/C19H28N2/c1-6-21-13-7-8-18(21)14-20-15(2)16-9-11-17(12-10-16)19(3,4)5/h7-13,15,20H,6,14H2,1-5H3. The van der Waals surface area contributed by atoms with Crippen molar-refractivity contribution in [3.8, 4) is 0 Å². The van der Waals surface area contributed by atoms with Crippen LogP contribution in [-0.2, 0) is 18.5 Å². The summed E-state index contributed by atoms with van der Waals surface area (Å²) in [6, 6.07) is 13.7. The van der Waals surface area contributed by atoms with Gasteiger partial charge in [0, 0.05) is 31.0 Å². The Morgan fingerprint density at radius 3 is 2.33 bits per heavy atom. The zero-order chi connectivity index (χ0) is 15.5. The number of benzene rings is 1. The molecule has 1 aromatic carbocycles. The van der Waals surface area contributed by atoms with Crippen LogP contribution < -0.4 is 5.32 Å². The van der Waals surface area contributed by atoms with Crippen LogP contribution in [0.4, 0.5) is 0 Å². The summed E-state index contributed by atoms with van der Waals surface area (Å²) in [5.41, 5.74) is 4.29.